The first kappa shape index (κ1) is 18.4. The highest BCUT2D eigenvalue weighted by molar-refractivity contribution is 5.87. The molecular weight excluding hydrogens is 308 g/mol. The largest absolute Gasteiger partial charge is 0.480 e. The molecule has 0 radical (unpaired) electrons. The number of hydrogen-bond donors (Lipinski definition) is 2. The fourth-order valence-electron chi connectivity index (χ4n) is 2.45. The molecule has 0 bridgehead atoms. The van der Waals surface area contributed by atoms with Crippen LogP contribution in [0, 0.1) is 0 Å². The number of halogens is 1. The molecule has 1 heterocycles. The molecule has 1 aromatic carbocycles. The Labute approximate surface area is 135 Å². The second-order valence-electron chi connectivity index (χ2n) is 5.29. The Morgan fingerprint density at radius 3 is 2.59 bits per heavy atom. The molecule has 3 atom stereocenters. The van der Waals surface area contributed by atoms with Gasteiger partial charge in [0.05, 0.1) is 18.8 Å². The smallest absolute Gasteiger partial charge is 0.326 e. The van der Waals surface area contributed by atoms with Gasteiger partial charge in [0.1, 0.15) is 6.04 Å². The van der Waals surface area contributed by atoms with Gasteiger partial charge in [0.25, 0.3) is 0 Å². The maximum Gasteiger partial charge on any atom is 0.326 e. The first-order valence-corrected chi connectivity index (χ1v) is 6.93. The Morgan fingerprint density at radius 2 is 2.05 bits per heavy atom. The van der Waals surface area contributed by atoms with Crippen molar-refractivity contribution in [2.24, 2.45) is 5.73 Å². The SMILES string of the molecule is C[C@H](N)C(=O)N1C[C@H](OCc2ccccc2)C[C@H]1C(=O)O.Cl. The summed E-state index contributed by atoms with van der Waals surface area (Å²) in [6, 6.07) is 8.06. The fraction of sp³-hybridized carbons (Fsp3) is 0.467. The molecule has 0 aliphatic carbocycles. The number of amides is 1. The number of likely N-dealkylation sites (tertiary alicyclic amines) is 1. The lowest BCUT2D eigenvalue weighted by Crippen LogP contribution is -2.47. The Morgan fingerprint density at radius 1 is 1.41 bits per heavy atom. The van der Waals surface area contributed by atoms with Crippen molar-refractivity contribution in [2.75, 3.05) is 6.54 Å². The van der Waals surface area contributed by atoms with E-state index in [1.54, 1.807) is 6.92 Å². The number of rotatable bonds is 5. The first-order chi connectivity index (χ1) is 9.99. The lowest BCUT2D eigenvalue weighted by molar-refractivity contribution is -0.148. The van der Waals surface area contributed by atoms with E-state index in [1.807, 2.05) is 30.3 Å². The van der Waals surface area contributed by atoms with Crippen LogP contribution in [0.25, 0.3) is 0 Å². The molecule has 1 amide bonds. The minimum atomic E-state index is -1.02. The van der Waals surface area contributed by atoms with Crippen LogP contribution in [0.2, 0.25) is 0 Å². The molecule has 1 aliphatic heterocycles. The molecule has 0 aromatic heterocycles. The molecule has 1 aliphatic rings. The number of aliphatic carboxylic acids is 1. The summed E-state index contributed by atoms with van der Waals surface area (Å²) >= 11 is 0. The van der Waals surface area contributed by atoms with Gasteiger partial charge in [0.15, 0.2) is 0 Å². The van der Waals surface area contributed by atoms with Crippen molar-refractivity contribution >= 4 is 24.3 Å². The van der Waals surface area contributed by atoms with E-state index < -0.39 is 18.1 Å². The van der Waals surface area contributed by atoms with Crippen LogP contribution < -0.4 is 5.73 Å². The Bertz CT molecular complexity index is 510. The summed E-state index contributed by atoms with van der Waals surface area (Å²) in [5, 5.41) is 9.23. The van der Waals surface area contributed by atoms with E-state index >= 15 is 0 Å². The van der Waals surface area contributed by atoms with Gasteiger partial charge in [-0.2, -0.15) is 0 Å². The van der Waals surface area contributed by atoms with Crippen molar-refractivity contribution in [1.29, 1.82) is 0 Å². The van der Waals surface area contributed by atoms with Crippen molar-refractivity contribution in [2.45, 2.75) is 38.1 Å². The van der Waals surface area contributed by atoms with Gasteiger partial charge in [-0.05, 0) is 12.5 Å². The summed E-state index contributed by atoms with van der Waals surface area (Å²) in [7, 11) is 0. The number of ether oxygens (including phenoxy) is 1. The number of carboxylic acid groups (broad SMARTS) is 1. The summed E-state index contributed by atoms with van der Waals surface area (Å²) in [5.74, 6) is -1.37. The lowest BCUT2D eigenvalue weighted by atomic mass is 10.2. The fourth-order valence-corrected chi connectivity index (χ4v) is 2.45. The average Bonchev–Trinajstić information content (AvgIpc) is 2.89. The summed E-state index contributed by atoms with van der Waals surface area (Å²) < 4.78 is 5.73. The molecule has 2 rings (SSSR count). The highest BCUT2D eigenvalue weighted by Gasteiger charge is 2.40. The molecular formula is C15H21ClN2O4. The standard InChI is InChI=1S/C15H20N2O4.ClH/c1-10(16)14(18)17-8-12(7-13(17)15(19)20)21-9-11-5-3-2-4-6-11;/h2-6,10,12-13H,7-9,16H2,1H3,(H,19,20);1H/t10-,12+,13-;/m0./s1. The van der Waals surface area contributed by atoms with Crippen LogP contribution in [-0.4, -0.2) is 46.6 Å². The van der Waals surface area contributed by atoms with E-state index in [-0.39, 0.29) is 31.0 Å². The third kappa shape index (κ3) is 4.43. The van der Waals surface area contributed by atoms with Gasteiger partial charge >= 0.3 is 5.97 Å². The number of nitrogens with zero attached hydrogens (tertiary/aromatic N) is 1. The maximum absolute atomic E-state index is 12.0. The van der Waals surface area contributed by atoms with Crippen molar-refractivity contribution in [3.05, 3.63) is 35.9 Å². The molecule has 0 unspecified atom stereocenters. The van der Waals surface area contributed by atoms with Crippen LogP contribution in [0.3, 0.4) is 0 Å². The number of carboxylic acids is 1. The van der Waals surface area contributed by atoms with Crippen LogP contribution in [0.5, 0.6) is 0 Å². The predicted octanol–water partition coefficient (Wildman–Crippen LogP) is 1.03. The van der Waals surface area contributed by atoms with E-state index in [0.717, 1.165) is 5.56 Å². The topological polar surface area (TPSA) is 92.9 Å². The summed E-state index contributed by atoms with van der Waals surface area (Å²) in [4.78, 5) is 24.5. The van der Waals surface area contributed by atoms with Crippen molar-refractivity contribution < 1.29 is 19.4 Å². The predicted molar refractivity (Wildman–Crippen MR) is 83.7 cm³/mol. The molecule has 0 saturated carbocycles. The zero-order valence-electron chi connectivity index (χ0n) is 12.3. The second kappa shape index (κ2) is 8.12. The highest BCUT2D eigenvalue weighted by atomic mass is 35.5. The normalized spacial score (nSPS) is 22.0. The summed E-state index contributed by atoms with van der Waals surface area (Å²) in [5.41, 5.74) is 6.58. The van der Waals surface area contributed by atoms with Crippen LogP contribution in [-0.2, 0) is 20.9 Å². The zero-order chi connectivity index (χ0) is 15.4. The van der Waals surface area contributed by atoms with Gasteiger partial charge in [-0.15, -0.1) is 12.4 Å². The van der Waals surface area contributed by atoms with Gasteiger partial charge in [-0.25, -0.2) is 4.79 Å². The monoisotopic (exact) mass is 328 g/mol. The van der Waals surface area contributed by atoms with E-state index in [9.17, 15) is 14.7 Å². The maximum atomic E-state index is 12.0. The number of carbonyl (C=O) groups excluding carboxylic acids is 1. The third-order valence-electron chi connectivity index (χ3n) is 3.55. The van der Waals surface area contributed by atoms with E-state index in [2.05, 4.69) is 0 Å². The Hall–Kier alpha value is -1.63. The molecule has 7 heteroatoms. The molecule has 1 aromatic rings. The molecule has 3 N–H and O–H groups in total. The second-order valence-corrected chi connectivity index (χ2v) is 5.29. The zero-order valence-corrected chi connectivity index (χ0v) is 13.2. The molecule has 0 spiro atoms. The highest BCUT2D eigenvalue weighted by Crippen LogP contribution is 2.22. The molecule has 22 heavy (non-hydrogen) atoms. The summed E-state index contributed by atoms with van der Waals surface area (Å²) in [6.07, 6.45) is 0.00896. The molecule has 1 saturated heterocycles. The number of carbonyl (C=O) groups is 2. The quantitative estimate of drug-likeness (QED) is 0.842. The average molecular weight is 329 g/mol. The van der Waals surface area contributed by atoms with E-state index in [4.69, 9.17) is 10.5 Å². The number of hydrogen-bond acceptors (Lipinski definition) is 4. The van der Waals surface area contributed by atoms with Crippen LogP contribution in [0.4, 0.5) is 0 Å². The van der Waals surface area contributed by atoms with Gasteiger partial charge < -0.3 is 20.5 Å². The van der Waals surface area contributed by atoms with Gasteiger partial charge in [0, 0.05) is 13.0 Å². The minimum absolute atomic E-state index is 0. The number of benzene rings is 1. The molecule has 6 nitrogen and oxygen atoms in total. The van der Waals surface area contributed by atoms with E-state index in [1.165, 1.54) is 4.90 Å². The van der Waals surface area contributed by atoms with Gasteiger partial charge in [0.2, 0.25) is 5.91 Å². The van der Waals surface area contributed by atoms with E-state index in [0.29, 0.717) is 13.0 Å². The first-order valence-electron chi connectivity index (χ1n) is 6.93. The third-order valence-corrected chi connectivity index (χ3v) is 3.55. The Balaban J connectivity index is 0.00000242. The van der Waals surface area contributed by atoms with Crippen LogP contribution >= 0.6 is 12.4 Å². The van der Waals surface area contributed by atoms with Crippen LogP contribution in [0.1, 0.15) is 18.9 Å². The van der Waals surface area contributed by atoms with Crippen molar-refractivity contribution in [1.82, 2.24) is 4.90 Å². The van der Waals surface area contributed by atoms with Crippen molar-refractivity contribution in [3.63, 3.8) is 0 Å². The van der Waals surface area contributed by atoms with Crippen LogP contribution in [0.15, 0.2) is 30.3 Å². The number of nitrogens with two attached hydrogens (primary N) is 1. The van der Waals surface area contributed by atoms with Gasteiger partial charge in [-0.1, -0.05) is 30.3 Å². The molecule has 122 valence electrons. The minimum Gasteiger partial charge on any atom is -0.480 e. The van der Waals surface area contributed by atoms with Gasteiger partial charge in [-0.3, -0.25) is 4.79 Å². The molecule has 1 fully saturated rings. The van der Waals surface area contributed by atoms with Crippen molar-refractivity contribution in [3.8, 4) is 0 Å². The summed E-state index contributed by atoms with van der Waals surface area (Å²) in [6.45, 7) is 2.22. The lowest BCUT2D eigenvalue weighted by Gasteiger charge is -2.23. The Kier molecular flexibility index (Phi) is 6.80.